The highest BCUT2D eigenvalue weighted by Crippen LogP contribution is 2.16. The van der Waals surface area contributed by atoms with Gasteiger partial charge < -0.3 is 5.32 Å². The monoisotopic (exact) mass is 225 g/mol. The van der Waals surface area contributed by atoms with Crippen molar-refractivity contribution in [3.63, 3.8) is 0 Å². The van der Waals surface area contributed by atoms with Crippen LogP contribution in [0.2, 0.25) is 0 Å². The van der Waals surface area contributed by atoms with Crippen LogP contribution < -0.4 is 5.32 Å². The van der Waals surface area contributed by atoms with Gasteiger partial charge in [0.25, 0.3) is 0 Å². The van der Waals surface area contributed by atoms with Crippen molar-refractivity contribution >= 4 is 11.8 Å². The van der Waals surface area contributed by atoms with Crippen molar-refractivity contribution in [2.24, 2.45) is 7.05 Å². The molecular formula is C11H19N3S. The van der Waals surface area contributed by atoms with E-state index in [9.17, 15) is 0 Å². The number of thioether (sulfide) groups is 1. The second-order valence-corrected chi connectivity index (χ2v) is 5.29. The molecule has 1 unspecified atom stereocenters. The fourth-order valence-electron chi connectivity index (χ4n) is 1.92. The lowest BCUT2D eigenvalue weighted by Crippen LogP contribution is -2.35. The maximum absolute atomic E-state index is 4.17. The highest BCUT2D eigenvalue weighted by Gasteiger charge is 2.12. The smallest absolute Gasteiger partial charge is 0.0522 e. The van der Waals surface area contributed by atoms with E-state index >= 15 is 0 Å². The van der Waals surface area contributed by atoms with E-state index in [1.54, 1.807) is 0 Å². The number of aromatic nitrogens is 2. The molecule has 1 aromatic heterocycles. The van der Waals surface area contributed by atoms with Crippen molar-refractivity contribution < 1.29 is 0 Å². The second-order valence-electron chi connectivity index (χ2n) is 4.14. The molecule has 84 valence electrons. The summed E-state index contributed by atoms with van der Waals surface area (Å²) in [6.07, 6.45) is 7.86. The van der Waals surface area contributed by atoms with Gasteiger partial charge in [0.2, 0.25) is 0 Å². The van der Waals surface area contributed by atoms with Crippen LogP contribution in [0, 0.1) is 0 Å². The number of rotatable bonds is 4. The Bertz CT molecular complexity index is 292. The summed E-state index contributed by atoms with van der Waals surface area (Å²) in [5.74, 6) is 2.63. The van der Waals surface area contributed by atoms with Crippen molar-refractivity contribution in [2.75, 3.05) is 18.1 Å². The molecule has 0 aliphatic carbocycles. The molecule has 1 aliphatic rings. The highest BCUT2D eigenvalue weighted by molar-refractivity contribution is 7.99. The predicted octanol–water partition coefficient (Wildman–Crippen LogP) is 1.45. The molecule has 0 saturated carbocycles. The predicted molar refractivity (Wildman–Crippen MR) is 65.3 cm³/mol. The van der Waals surface area contributed by atoms with E-state index in [1.165, 1.54) is 29.9 Å². The Kier molecular flexibility index (Phi) is 4.09. The van der Waals surface area contributed by atoms with E-state index in [0.717, 1.165) is 19.0 Å². The first-order chi connectivity index (χ1) is 7.34. The van der Waals surface area contributed by atoms with E-state index in [1.807, 2.05) is 17.9 Å². The van der Waals surface area contributed by atoms with Crippen LogP contribution in [0.3, 0.4) is 0 Å². The molecule has 1 aliphatic heterocycles. The van der Waals surface area contributed by atoms with Crippen LogP contribution >= 0.6 is 11.8 Å². The maximum atomic E-state index is 4.17. The van der Waals surface area contributed by atoms with Crippen LogP contribution in [0.5, 0.6) is 0 Å². The summed E-state index contributed by atoms with van der Waals surface area (Å²) in [5.41, 5.74) is 1.33. The number of hydrogen-bond acceptors (Lipinski definition) is 3. The Balaban J connectivity index is 1.65. The van der Waals surface area contributed by atoms with Gasteiger partial charge in [0.15, 0.2) is 0 Å². The average molecular weight is 225 g/mol. The molecule has 1 fully saturated rings. The number of aryl methyl sites for hydroxylation is 1. The highest BCUT2D eigenvalue weighted by atomic mass is 32.2. The lowest BCUT2D eigenvalue weighted by molar-refractivity contribution is 0.511. The van der Waals surface area contributed by atoms with Crippen LogP contribution in [-0.4, -0.2) is 33.9 Å². The summed E-state index contributed by atoms with van der Waals surface area (Å²) >= 11 is 2.07. The van der Waals surface area contributed by atoms with Crippen molar-refractivity contribution in [2.45, 2.75) is 25.3 Å². The summed E-state index contributed by atoms with van der Waals surface area (Å²) in [7, 11) is 1.97. The zero-order valence-electron chi connectivity index (χ0n) is 9.28. The third-order valence-electron chi connectivity index (χ3n) is 2.77. The summed E-state index contributed by atoms with van der Waals surface area (Å²) in [5, 5.41) is 7.79. The molecule has 0 aromatic carbocycles. The molecule has 1 saturated heterocycles. The van der Waals surface area contributed by atoms with Gasteiger partial charge in [-0.15, -0.1) is 0 Å². The molecule has 2 rings (SSSR count). The maximum Gasteiger partial charge on any atom is 0.0522 e. The molecule has 0 spiro atoms. The van der Waals surface area contributed by atoms with Crippen LogP contribution in [0.25, 0.3) is 0 Å². The SMILES string of the molecule is Cn1cc(CCNC2CCCSC2)cn1. The zero-order valence-corrected chi connectivity index (χ0v) is 10.1. The van der Waals surface area contributed by atoms with Crippen LogP contribution in [0.15, 0.2) is 12.4 Å². The van der Waals surface area contributed by atoms with Gasteiger partial charge >= 0.3 is 0 Å². The molecule has 0 bridgehead atoms. The van der Waals surface area contributed by atoms with Crippen LogP contribution in [0.1, 0.15) is 18.4 Å². The topological polar surface area (TPSA) is 29.9 Å². The van der Waals surface area contributed by atoms with Crippen LogP contribution in [-0.2, 0) is 13.5 Å². The number of nitrogens with zero attached hydrogens (tertiary/aromatic N) is 2. The van der Waals surface area contributed by atoms with Crippen LogP contribution in [0.4, 0.5) is 0 Å². The fourth-order valence-corrected chi connectivity index (χ4v) is 3.03. The van der Waals surface area contributed by atoms with Gasteiger partial charge in [0, 0.05) is 25.0 Å². The Morgan fingerprint density at radius 1 is 1.67 bits per heavy atom. The molecule has 3 nitrogen and oxygen atoms in total. The lowest BCUT2D eigenvalue weighted by Gasteiger charge is -2.22. The van der Waals surface area contributed by atoms with Crippen molar-refractivity contribution in [3.8, 4) is 0 Å². The van der Waals surface area contributed by atoms with Gasteiger partial charge in [-0.05, 0) is 37.1 Å². The number of nitrogens with one attached hydrogen (secondary N) is 1. The first-order valence-electron chi connectivity index (χ1n) is 5.63. The third-order valence-corrected chi connectivity index (χ3v) is 3.98. The second kappa shape index (κ2) is 5.56. The van der Waals surface area contributed by atoms with Gasteiger partial charge in [-0.25, -0.2) is 0 Å². The summed E-state index contributed by atoms with van der Waals surface area (Å²) in [4.78, 5) is 0. The van der Waals surface area contributed by atoms with E-state index in [4.69, 9.17) is 0 Å². The van der Waals surface area contributed by atoms with E-state index in [-0.39, 0.29) is 0 Å². The van der Waals surface area contributed by atoms with E-state index in [2.05, 4.69) is 28.4 Å². The Labute approximate surface area is 95.6 Å². The standard InChI is InChI=1S/C11H19N3S/c1-14-8-10(7-13-14)4-5-12-11-3-2-6-15-9-11/h7-8,11-12H,2-6,9H2,1H3. The quantitative estimate of drug-likeness (QED) is 0.841. The number of hydrogen-bond donors (Lipinski definition) is 1. The minimum atomic E-state index is 0.737. The summed E-state index contributed by atoms with van der Waals surface area (Å²) < 4.78 is 1.87. The summed E-state index contributed by atoms with van der Waals surface area (Å²) in [6, 6.07) is 0.737. The molecule has 2 heterocycles. The minimum Gasteiger partial charge on any atom is -0.313 e. The zero-order chi connectivity index (χ0) is 10.5. The van der Waals surface area contributed by atoms with Gasteiger partial charge in [-0.3, -0.25) is 4.68 Å². The largest absolute Gasteiger partial charge is 0.313 e. The molecular weight excluding hydrogens is 206 g/mol. The molecule has 15 heavy (non-hydrogen) atoms. The van der Waals surface area contributed by atoms with Gasteiger partial charge in [0.1, 0.15) is 0 Å². The van der Waals surface area contributed by atoms with Crippen molar-refractivity contribution in [1.29, 1.82) is 0 Å². The Hall–Kier alpha value is -0.480. The van der Waals surface area contributed by atoms with Gasteiger partial charge in [-0.2, -0.15) is 16.9 Å². The molecule has 1 N–H and O–H groups in total. The normalized spacial score (nSPS) is 21.8. The first kappa shape index (κ1) is 11.0. The fraction of sp³-hybridized carbons (Fsp3) is 0.727. The first-order valence-corrected chi connectivity index (χ1v) is 6.79. The molecule has 4 heteroatoms. The average Bonchev–Trinajstić information content (AvgIpc) is 2.66. The molecule has 0 radical (unpaired) electrons. The van der Waals surface area contributed by atoms with E-state index in [0.29, 0.717) is 0 Å². The Morgan fingerprint density at radius 3 is 3.27 bits per heavy atom. The van der Waals surface area contributed by atoms with Gasteiger partial charge in [0.05, 0.1) is 6.20 Å². The Morgan fingerprint density at radius 2 is 2.60 bits per heavy atom. The van der Waals surface area contributed by atoms with E-state index < -0.39 is 0 Å². The molecule has 0 amide bonds. The van der Waals surface area contributed by atoms with Gasteiger partial charge in [-0.1, -0.05) is 0 Å². The lowest BCUT2D eigenvalue weighted by atomic mass is 10.1. The van der Waals surface area contributed by atoms with Crippen molar-refractivity contribution in [1.82, 2.24) is 15.1 Å². The molecule has 1 atom stereocenters. The minimum absolute atomic E-state index is 0.737. The van der Waals surface area contributed by atoms with Crippen molar-refractivity contribution in [3.05, 3.63) is 18.0 Å². The third kappa shape index (κ3) is 3.54. The molecule has 1 aromatic rings. The summed E-state index contributed by atoms with van der Waals surface area (Å²) in [6.45, 7) is 1.08.